The second kappa shape index (κ2) is 3.86. The Bertz CT molecular complexity index is 571. The lowest BCUT2D eigenvalue weighted by atomic mass is 9.97. The SMILES string of the molecule is Cc1cccc2c1c1c(n2C)C(CO)NCC1. The van der Waals surface area contributed by atoms with Gasteiger partial charge in [-0.15, -0.1) is 0 Å². The Morgan fingerprint density at radius 2 is 2.29 bits per heavy atom. The first-order valence-corrected chi connectivity index (χ1v) is 6.15. The number of aliphatic hydroxyl groups excluding tert-OH is 1. The molecule has 3 nitrogen and oxygen atoms in total. The molecule has 0 spiro atoms. The van der Waals surface area contributed by atoms with Gasteiger partial charge in [0.2, 0.25) is 0 Å². The number of nitrogens with one attached hydrogen (secondary N) is 1. The molecule has 0 amide bonds. The lowest BCUT2D eigenvalue weighted by Gasteiger charge is -2.24. The summed E-state index contributed by atoms with van der Waals surface area (Å²) in [6.45, 7) is 3.28. The maximum atomic E-state index is 9.48. The first-order valence-electron chi connectivity index (χ1n) is 6.15. The van der Waals surface area contributed by atoms with Gasteiger partial charge in [0.05, 0.1) is 12.6 Å². The largest absolute Gasteiger partial charge is 0.394 e. The summed E-state index contributed by atoms with van der Waals surface area (Å²) in [6, 6.07) is 6.51. The van der Waals surface area contributed by atoms with Gasteiger partial charge >= 0.3 is 0 Å². The highest BCUT2D eigenvalue weighted by molar-refractivity contribution is 5.89. The van der Waals surface area contributed by atoms with Crippen molar-refractivity contribution in [3.8, 4) is 0 Å². The predicted molar refractivity (Wildman–Crippen MR) is 69.2 cm³/mol. The van der Waals surface area contributed by atoms with E-state index < -0.39 is 0 Å². The third-order valence-electron chi connectivity index (χ3n) is 3.86. The molecule has 1 unspecified atom stereocenters. The molecule has 0 aliphatic carbocycles. The first-order chi connectivity index (χ1) is 8.24. The van der Waals surface area contributed by atoms with Crippen LogP contribution in [0.3, 0.4) is 0 Å². The van der Waals surface area contributed by atoms with E-state index in [1.165, 1.54) is 27.7 Å². The lowest BCUT2D eigenvalue weighted by Crippen LogP contribution is -2.33. The summed E-state index contributed by atoms with van der Waals surface area (Å²) in [5.41, 5.74) is 5.27. The van der Waals surface area contributed by atoms with Crippen molar-refractivity contribution in [2.45, 2.75) is 19.4 Å². The Labute approximate surface area is 101 Å². The van der Waals surface area contributed by atoms with E-state index in [0.29, 0.717) is 0 Å². The van der Waals surface area contributed by atoms with Crippen LogP contribution in [0.2, 0.25) is 0 Å². The van der Waals surface area contributed by atoms with Crippen LogP contribution in [-0.2, 0) is 13.5 Å². The Kier molecular flexibility index (Phi) is 2.45. The maximum absolute atomic E-state index is 9.48. The maximum Gasteiger partial charge on any atom is 0.0712 e. The van der Waals surface area contributed by atoms with Crippen molar-refractivity contribution in [3.63, 3.8) is 0 Å². The monoisotopic (exact) mass is 230 g/mol. The van der Waals surface area contributed by atoms with Gasteiger partial charge in [-0.1, -0.05) is 12.1 Å². The topological polar surface area (TPSA) is 37.2 Å². The fourth-order valence-electron chi connectivity index (χ4n) is 3.10. The van der Waals surface area contributed by atoms with Gasteiger partial charge in [-0.05, 0) is 37.1 Å². The second-order valence-electron chi connectivity index (χ2n) is 4.83. The first kappa shape index (κ1) is 10.8. The van der Waals surface area contributed by atoms with Crippen LogP contribution in [0.1, 0.15) is 22.9 Å². The molecule has 1 aliphatic rings. The second-order valence-corrected chi connectivity index (χ2v) is 4.83. The van der Waals surface area contributed by atoms with Crippen LogP contribution in [0.4, 0.5) is 0 Å². The van der Waals surface area contributed by atoms with Crippen LogP contribution in [-0.4, -0.2) is 22.8 Å². The molecule has 3 rings (SSSR count). The van der Waals surface area contributed by atoms with Crippen molar-refractivity contribution in [1.82, 2.24) is 9.88 Å². The number of hydrogen-bond acceptors (Lipinski definition) is 2. The average Bonchev–Trinajstić information content (AvgIpc) is 2.65. The molecule has 2 N–H and O–H groups in total. The molecule has 0 fully saturated rings. The molecule has 0 radical (unpaired) electrons. The van der Waals surface area contributed by atoms with Crippen LogP contribution in [0.5, 0.6) is 0 Å². The van der Waals surface area contributed by atoms with Gasteiger partial charge in [0.15, 0.2) is 0 Å². The number of rotatable bonds is 1. The molecule has 0 saturated carbocycles. The summed E-state index contributed by atoms with van der Waals surface area (Å²) in [6.07, 6.45) is 1.05. The van der Waals surface area contributed by atoms with E-state index in [4.69, 9.17) is 0 Å². The van der Waals surface area contributed by atoms with E-state index in [1.54, 1.807) is 0 Å². The fraction of sp³-hybridized carbons (Fsp3) is 0.429. The van der Waals surface area contributed by atoms with Crippen molar-refractivity contribution in [1.29, 1.82) is 0 Å². The minimum atomic E-state index is 0.0792. The molecule has 1 aliphatic heterocycles. The van der Waals surface area contributed by atoms with Gasteiger partial charge in [-0.2, -0.15) is 0 Å². The van der Waals surface area contributed by atoms with Crippen LogP contribution in [0.15, 0.2) is 18.2 Å². The van der Waals surface area contributed by atoms with Crippen molar-refractivity contribution in [2.75, 3.05) is 13.2 Å². The molecule has 1 atom stereocenters. The Balaban J connectivity index is 2.37. The van der Waals surface area contributed by atoms with Gasteiger partial charge in [0.25, 0.3) is 0 Å². The van der Waals surface area contributed by atoms with Crippen LogP contribution < -0.4 is 5.32 Å². The van der Waals surface area contributed by atoms with E-state index in [9.17, 15) is 5.11 Å². The number of aryl methyl sites for hydroxylation is 2. The molecule has 1 aromatic carbocycles. The highest BCUT2D eigenvalue weighted by atomic mass is 16.3. The van der Waals surface area contributed by atoms with Crippen molar-refractivity contribution < 1.29 is 5.11 Å². The number of nitrogens with zero attached hydrogens (tertiary/aromatic N) is 1. The van der Waals surface area contributed by atoms with E-state index in [1.807, 2.05) is 0 Å². The average molecular weight is 230 g/mol. The van der Waals surface area contributed by atoms with Crippen molar-refractivity contribution in [2.24, 2.45) is 7.05 Å². The Morgan fingerprint density at radius 3 is 3.06 bits per heavy atom. The zero-order valence-corrected chi connectivity index (χ0v) is 10.3. The summed E-state index contributed by atoms with van der Waals surface area (Å²) < 4.78 is 2.23. The molecular formula is C14H18N2O. The van der Waals surface area contributed by atoms with Crippen molar-refractivity contribution >= 4 is 10.9 Å². The predicted octanol–water partition coefficient (Wildman–Crippen LogP) is 1.67. The molecule has 0 saturated heterocycles. The van der Waals surface area contributed by atoms with Gasteiger partial charge in [-0.25, -0.2) is 0 Å². The van der Waals surface area contributed by atoms with Gasteiger partial charge in [-0.3, -0.25) is 0 Å². The summed E-state index contributed by atoms with van der Waals surface area (Å²) in [5.74, 6) is 0. The lowest BCUT2D eigenvalue weighted by molar-refractivity contribution is 0.235. The normalized spacial score (nSPS) is 19.6. The fourth-order valence-corrected chi connectivity index (χ4v) is 3.10. The molecule has 90 valence electrons. The van der Waals surface area contributed by atoms with E-state index in [-0.39, 0.29) is 12.6 Å². The Morgan fingerprint density at radius 1 is 1.47 bits per heavy atom. The molecule has 2 heterocycles. The quantitative estimate of drug-likeness (QED) is 0.782. The smallest absolute Gasteiger partial charge is 0.0712 e. The molecule has 3 heteroatoms. The zero-order valence-electron chi connectivity index (χ0n) is 10.3. The van der Waals surface area contributed by atoms with Gasteiger partial charge in [0.1, 0.15) is 0 Å². The molecule has 1 aromatic heterocycles. The highest BCUT2D eigenvalue weighted by Crippen LogP contribution is 2.33. The molecule has 2 aromatic rings. The summed E-state index contributed by atoms with van der Waals surface area (Å²) in [7, 11) is 2.09. The summed E-state index contributed by atoms with van der Waals surface area (Å²) >= 11 is 0. The summed E-state index contributed by atoms with van der Waals surface area (Å²) in [5, 5.41) is 14.2. The molecular weight excluding hydrogens is 212 g/mol. The molecule has 0 bridgehead atoms. The van der Waals surface area contributed by atoms with Crippen LogP contribution in [0.25, 0.3) is 10.9 Å². The Hall–Kier alpha value is -1.32. The van der Waals surface area contributed by atoms with E-state index in [0.717, 1.165) is 13.0 Å². The standard InChI is InChI=1S/C14H18N2O/c1-9-4-3-5-12-13(9)10-6-7-15-11(8-17)14(10)16(12)2/h3-5,11,15,17H,6-8H2,1-2H3. The number of aromatic nitrogens is 1. The number of aliphatic hydroxyl groups is 1. The highest BCUT2D eigenvalue weighted by Gasteiger charge is 2.25. The minimum Gasteiger partial charge on any atom is -0.394 e. The van der Waals surface area contributed by atoms with Crippen LogP contribution >= 0.6 is 0 Å². The third-order valence-corrected chi connectivity index (χ3v) is 3.86. The minimum absolute atomic E-state index is 0.0792. The number of benzene rings is 1. The summed E-state index contributed by atoms with van der Waals surface area (Å²) in [4.78, 5) is 0. The van der Waals surface area contributed by atoms with E-state index >= 15 is 0 Å². The van der Waals surface area contributed by atoms with Crippen LogP contribution in [0, 0.1) is 6.92 Å². The number of hydrogen-bond donors (Lipinski definition) is 2. The molecule has 17 heavy (non-hydrogen) atoms. The van der Waals surface area contributed by atoms with Gasteiger partial charge in [0, 0.05) is 23.6 Å². The third kappa shape index (κ3) is 1.43. The number of fused-ring (bicyclic) bond motifs is 3. The van der Waals surface area contributed by atoms with Crippen molar-refractivity contribution in [3.05, 3.63) is 35.0 Å². The van der Waals surface area contributed by atoms with E-state index in [2.05, 4.69) is 42.1 Å². The van der Waals surface area contributed by atoms with Gasteiger partial charge < -0.3 is 15.0 Å². The zero-order chi connectivity index (χ0) is 12.0.